The van der Waals surface area contributed by atoms with Crippen LogP contribution in [0.25, 0.3) is 0 Å². The van der Waals surface area contributed by atoms with E-state index in [1.807, 2.05) is 72.5 Å². The molecular formula is C29H29ClN2O4. The van der Waals surface area contributed by atoms with Crippen molar-refractivity contribution in [1.82, 2.24) is 0 Å². The summed E-state index contributed by atoms with van der Waals surface area (Å²) in [6.07, 6.45) is 1.69. The van der Waals surface area contributed by atoms with E-state index in [-0.39, 0.29) is 30.4 Å². The van der Waals surface area contributed by atoms with Crippen LogP contribution in [0.5, 0.6) is 11.5 Å². The molecule has 0 spiro atoms. The number of halogens is 1. The molecule has 0 unspecified atom stereocenters. The molecule has 5 rings (SSSR count). The summed E-state index contributed by atoms with van der Waals surface area (Å²) in [6, 6.07) is 18.8. The molecule has 1 fully saturated rings. The molecule has 0 N–H and O–H groups in total. The first kappa shape index (κ1) is 24.2. The zero-order valence-electron chi connectivity index (χ0n) is 20.7. The van der Waals surface area contributed by atoms with E-state index in [1.165, 1.54) is 0 Å². The number of hydrogen-bond donors (Lipinski definition) is 0. The van der Waals surface area contributed by atoms with E-state index in [0.29, 0.717) is 22.9 Å². The first-order chi connectivity index (χ1) is 17.4. The fourth-order valence-corrected chi connectivity index (χ4v) is 4.88. The second-order valence-electron chi connectivity index (χ2n) is 9.24. The lowest BCUT2D eigenvalue weighted by atomic mass is 9.86. The Kier molecular flexibility index (Phi) is 6.63. The molecule has 0 bridgehead atoms. The molecule has 186 valence electrons. The Bertz CT molecular complexity index is 1290. The van der Waals surface area contributed by atoms with Crippen molar-refractivity contribution in [2.75, 3.05) is 23.5 Å². The average molecular weight is 505 g/mol. The molecule has 3 aromatic rings. The maximum absolute atomic E-state index is 13.6. The van der Waals surface area contributed by atoms with Crippen LogP contribution in [0, 0.1) is 0 Å². The molecule has 36 heavy (non-hydrogen) atoms. The van der Waals surface area contributed by atoms with E-state index in [0.717, 1.165) is 41.0 Å². The van der Waals surface area contributed by atoms with Crippen LogP contribution in [0.3, 0.4) is 0 Å². The highest BCUT2D eigenvalue weighted by Gasteiger charge is 2.36. The molecule has 2 amide bonds. The van der Waals surface area contributed by atoms with Gasteiger partial charge in [0.1, 0.15) is 0 Å². The first-order valence-electron chi connectivity index (χ1n) is 12.2. The van der Waals surface area contributed by atoms with Crippen molar-refractivity contribution in [3.05, 3.63) is 82.4 Å². The molecule has 0 saturated carbocycles. The molecule has 2 heterocycles. The van der Waals surface area contributed by atoms with Crippen LogP contribution in [0.2, 0.25) is 5.02 Å². The van der Waals surface area contributed by atoms with Crippen molar-refractivity contribution in [2.24, 2.45) is 0 Å². The lowest BCUT2D eigenvalue weighted by molar-refractivity contribution is -0.122. The van der Waals surface area contributed by atoms with Gasteiger partial charge in [0.25, 0.3) is 0 Å². The molecule has 0 aromatic heterocycles. The van der Waals surface area contributed by atoms with E-state index < -0.39 is 0 Å². The van der Waals surface area contributed by atoms with Crippen LogP contribution in [-0.2, 0) is 16.0 Å². The fraction of sp³-hybridized carbons (Fsp3) is 0.310. The zero-order valence-corrected chi connectivity index (χ0v) is 21.4. The fourth-order valence-electron chi connectivity index (χ4n) is 4.76. The Morgan fingerprint density at radius 1 is 0.972 bits per heavy atom. The maximum atomic E-state index is 13.6. The second-order valence-corrected chi connectivity index (χ2v) is 9.68. The van der Waals surface area contributed by atoms with Gasteiger partial charge in [-0.3, -0.25) is 9.59 Å². The molecule has 2 aliphatic heterocycles. The molecular weight excluding hydrogens is 476 g/mol. The van der Waals surface area contributed by atoms with Gasteiger partial charge in [0.2, 0.25) is 11.8 Å². The number of anilines is 2. The normalized spacial score (nSPS) is 17.9. The largest absolute Gasteiger partial charge is 0.493 e. The van der Waals surface area contributed by atoms with Crippen LogP contribution < -0.4 is 19.3 Å². The molecule has 0 aliphatic carbocycles. The molecule has 1 saturated heterocycles. The maximum Gasteiger partial charge on any atom is 0.232 e. The monoisotopic (exact) mass is 504 g/mol. The molecule has 0 radical (unpaired) electrons. The van der Waals surface area contributed by atoms with Crippen molar-refractivity contribution in [1.29, 1.82) is 0 Å². The van der Waals surface area contributed by atoms with Gasteiger partial charge < -0.3 is 19.3 Å². The second kappa shape index (κ2) is 9.86. The highest BCUT2D eigenvalue weighted by atomic mass is 35.5. The van der Waals surface area contributed by atoms with Gasteiger partial charge in [-0.15, -0.1) is 0 Å². The zero-order chi connectivity index (χ0) is 25.4. The number of nitrogens with zero attached hydrogens (tertiary/aromatic N) is 2. The van der Waals surface area contributed by atoms with Crippen LogP contribution >= 0.6 is 11.6 Å². The number of benzene rings is 3. The summed E-state index contributed by atoms with van der Waals surface area (Å²) < 4.78 is 11.8. The highest BCUT2D eigenvalue weighted by Crippen LogP contribution is 2.44. The third kappa shape index (κ3) is 4.42. The smallest absolute Gasteiger partial charge is 0.232 e. The number of carbonyl (C=O) groups is 2. The Hall–Kier alpha value is -3.51. The molecule has 2 aliphatic rings. The van der Waals surface area contributed by atoms with Gasteiger partial charge in [0.05, 0.1) is 25.7 Å². The lowest BCUT2D eigenvalue weighted by Gasteiger charge is -2.38. The number of carbonyl (C=O) groups excluding carboxylic acids is 2. The number of hydrogen-bond acceptors (Lipinski definition) is 4. The third-order valence-corrected chi connectivity index (χ3v) is 7.22. The van der Waals surface area contributed by atoms with E-state index in [9.17, 15) is 9.59 Å². The standard InChI is InChI=1S/C29H29ClN2O4/c1-4-18(2)36-26-17-24-20(15-25(26)35-3)16-28(34)32(29(24)19-5-7-21(30)8-6-19)23-11-9-22(10-12-23)31-14-13-27(31)33/h5-12,15,17-18,29H,4,13-14,16H2,1-3H3/t18-,29+/m1/s1. The van der Waals surface area contributed by atoms with Gasteiger partial charge in [-0.1, -0.05) is 30.7 Å². The summed E-state index contributed by atoms with van der Waals surface area (Å²) in [5, 5.41) is 0.631. The van der Waals surface area contributed by atoms with Gasteiger partial charge >= 0.3 is 0 Å². The average Bonchev–Trinajstić information content (AvgIpc) is 2.88. The molecule has 3 aromatic carbocycles. The van der Waals surface area contributed by atoms with Crippen LogP contribution in [0.1, 0.15) is 49.4 Å². The van der Waals surface area contributed by atoms with E-state index in [1.54, 1.807) is 12.0 Å². The van der Waals surface area contributed by atoms with E-state index >= 15 is 0 Å². The Morgan fingerprint density at radius 3 is 2.25 bits per heavy atom. The highest BCUT2D eigenvalue weighted by molar-refractivity contribution is 6.30. The molecule has 7 heteroatoms. The van der Waals surface area contributed by atoms with Gasteiger partial charge in [0, 0.05) is 29.4 Å². The number of methoxy groups -OCH3 is 1. The topological polar surface area (TPSA) is 59.1 Å². The van der Waals surface area contributed by atoms with Crippen molar-refractivity contribution in [3.63, 3.8) is 0 Å². The lowest BCUT2D eigenvalue weighted by Crippen LogP contribution is -2.43. The Morgan fingerprint density at radius 2 is 1.67 bits per heavy atom. The first-order valence-corrected chi connectivity index (χ1v) is 12.6. The van der Waals surface area contributed by atoms with Gasteiger partial charge in [-0.25, -0.2) is 0 Å². The van der Waals surface area contributed by atoms with Crippen LogP contribution in [0.15, 0.2) is 60.7 Å². The van der Waals surface area contributed by atoms with Crippen LogP contribution in [-0.4, -0.2) is 31.6 Å². The van der Waals surface area contributed by atoms with Crippen molar-refractivity contribution >= 4 is 34.8 Å². The minimum atomic E-state index is -0.375. The SMILES string of the molecule is CC[C@@H](C)Oc1cc2c(cc1OC)CC(=O)N(c1ccc(N3CCC3=O)cc1)[C@H]2c1ccc(Cl)cc1. The Labute approximate surface area is 216 Å². The summed E-state index contributed by atoms with van der Waals surface area (Å²) >= 11 is 6.20. The summed E-state index contributed by atoms with van der Waals surface area (Å²) in [4.78, 5) is 29.1. The summed E-state index contributed by atoms with van der Waals surface area (Å²) in [5.74, 6) is 1.37. The quantitative estimate of drug-likeness (QED) is 0.373. The predicted octanol–water partition coefficient (Wildman–Crippen LogP) is 5.94. The summed E-state index contributed by atoms with van der Waals surface area (Å²) in [5.41, 5.74) is 4.44. The molecule has 2 atom stereocenters. The summed E-state index contributed by atoms with van der Waals surface area (Å²) in [7, 11) is 1.61. The number of fused-ring (bicyclic) bond motifs is 1. The van der Waals surface area contributed by atoms with Crippen molar-refractivity contribution in [3.8, 4) is 11.5 Å². The van der Waals surface area contributed by atoms with Gasteiger partial charge in [-0.05, 0) is 78.6 Å². The summed E-state index contributed by atoms with van der Waals surface area (Å²) in [6.45, 7) is 4.82. The van der Waals surface area contributed by atoms with Crippen molar-refractivity contribution < 1.29 is 19.1 Å². The predicted molar refractivity (Wildman–Crippen MR) is 141 cm³/mol. The number of amides is 2. The van der Waals surface area contributed by atoms with E-state index in [2.05, 4.69) is 6.92 Å². The number of rotatable bonds is 7. The van der Waals surface area contributed by atoms with Gasteiger partial charge in [-0.2, -0.15) is 0 Å². The van der Waals surface area contributed by atoms with Gasteiger partial charge in [0.15, 0.2) is 11.5 Å². The number of β-lactam (4-membered cyclic amide) rings is 1. The van der Waals surface area contributed by atoms with Crippen LogP contribution in [0.4, 0.5) is 11.4 Å². The van der Waals surface area contributed by atoms with Crippen molar-refractivity contribution in [2.45, 2.75) is 45.3 Å². The van der Waals surface area contributed by atoms with E-state index in [4.69, 9.17) is 21.1 Å². The number of ether oxygens (including phenoxy) is 2. The third-order valence-electron chi connectivity index (χ3n) is 6.97. The Balaban J connectivity index is 1.62. The minimum Gasteiger partial charge on any atom is -0.493 e. The molecule has 6 nitrogen and oxygen atoms in total. The minimum absolute atomic E-state index is 0.0176.